The first-order chi connectivity index (χ1) is 8.27. The van der Waals surface area contributed by atoms with Crippen molar-refractivity contribution < 1.29 is 0 Å². The second-order valence-corrected chi connectivity index (χ2v) is 5.22. The van der Waals surface area contributed by atoms with Crippen molar-refractivity contribution in [2.45, 2.75) is 31.7 Å². The molecule has 1 heterocycles. The van der Waals surface area contributed by atoms with Crippen molar-refractivity contribution in [2.24, 2.45) is 0 Å². The molecular formula is C14H21ClN2. The molecule has 2 nitrogen and oxygen atoms in total. The standard InChI is InChI=1S/C14H21ClN2/c1-17(14-8-3-2-7-13(14)15)11-9-12-6-4-5-10-16-12/h2-3,7-8,12,16H,4-6,9-11H2,1H3. The van der Waals surface area contributed by atoms with Crippen LogP contribution in [0, 0.1) is 0 Å². The summed E-state index contributed by atoms with van der Waals surface area (Å²) in [6, 6.07) is 8.73. The lowest BCUT2D eigenvalue weighted by Crippen LogP contribution is -2.36. The number of nitrogens with one attached hydrogen (secondary N) is 1. The Labute approximate surface area is 109 Å². The van der Waals surface area contributed by atoms with Gasteiger partial charge in [0.2, 0.25) is 0 Å². The van der Waals surface area contributed by atoms with Crippen LogP contribution >= 0.6 is 11.6 Å². The number of benzene rings is 1. The zero-order valence-corrected chi connectivity index (χ0v) is 11.2. The quantitative estimate of drug-likeness (QED) is 0.885. The number of anilines is 1. The third-order valence-electron chi connectivity index (χ3n) is 3.49. The molecular weight excluding hydrogens is 232 g/mol. The van der Waals surface area contributed by atoms with Crippen molar-refractivity contribution in [3.63, 3.8) is 0 Å². The largest absolute Gasteiger partial charge is 0.373 e. The summed E-state index contributed by atoms with van der Waals surface area (Å²) in [6.45, 7) is 2.24. The molecule has 1 aliphatic heterocycles. The summed E-state index contributed by atoms with van der Waals surface area (Å²) in [4.78, 5) is 2.25. The lowest BCUT2D eigenvalue weighted by Gasteiger charge is -2.27. The van der Waals surface area contributed by atoms with Crippen molar-refractivity contribution in [1.29, 1.82) is 0 Å². The van der Waals surface area contributed by atoms with Crippen molar-refractivity contribution >= 4 is 17.3 Å². The summed E-state index contributed by atoms with van der Waals surface area (Å²) >= 11 is 6.18. The first kappa shape index (κ1) is 12.7. The Hall–Kier alpha value is -0.730. The van der Waals surface area contributed by atoms with Crippen LogP contribution in [0.2, 0.25) is 5.02 Å². The zero-order valence-electron chi connectivity index (χ0n) is 10.5. The maximum absolute atomic E-state index is 6.18. The Bertz CT molecular complexity index is 348. The lowest BCUT2D eigenvalue weighted by molar-refractivity contribution is 0.384. The van der Waals surface area contributed by atoms with E-state index >= 15 is 0 Å². The van der Waals surface area contributed by atoms with Crippen LogP contribution in [0.4, 0.5) is 5.69 Å². The Balaban J connectivity index is 1.84. The van der Waals surface area contributed by atoms with Gasteiger partial charge in [0.25, 0.3) is 0 Å². The third-order valence-corrected chi connectivity index (χ3v) is 3.81. The summed E-state index contributed by atoms with van der Waals surface area (Å²) in [7, 11) is 2.12. The fourth-order valence-corrected chi connectivity index (χ4v) is 2.68. The number of piperidine rings is 1. The molecule has 3 heteroatoms. The maximum Gasteiger partial charge on any atom is 0.0639 e. The van der Waals surface area contributed by atoms with Gasteiger partial charge in [-0.15, -0.1) is 0 Å². The van der Waals surface area contributed by atoms with Crippen LogP contribution in [0.5, 0.6) is 0 Å². The highest BCUT2D eigenvalue weighted by Crippen LogP contribution is 2.24. The SMILES string of the molecule is CN(CCC1CCCCN1)c1ccccc1Cl. The molecule has 1 atom stereocenters. The van der Waals surface area contributed by atoms with E-state index in [4.69, 9.17) is 11.6 Å². The molecule has 1 aromatic carbocycles. The van der Waals surface area contributed by atoms with E-state index in [2.05, 4.69) is 23.3 Å². The number of halogens is 1. The Morgan fingerprint density at radius 1 is 1.35 bits per heavy atom. The fourth-order valence-electron chi connectivity index (χ4n) is 2.40. The highest BCUT2D eigenvalue weighted by molar-refractivity contribution is 6.33. The van der Waals surface area contributed by atoms with E-state index in [1.165, 1.54) is 32.2 Å². The highest BCUT2D eigenvalue weighted by Gasteiger charge is 2.13. The molecule has 1 N–H and O–H groups in total. The van der Waals surface area contributed by atoms with Crippen LogP contribution in [0.3, 0.4) is 0 Å². The topological polar surface area (TPSA) is 15.3 Å². The molecule has 0 aliphatic carbocycles. The monoisotopic (exact) mass is 252 g/mol. The molecule has 2 rings (SSSR count). The van der Waals surface area contributed by atoms with Gasteiger partial charge in [-0.3, -0.25) is 0 Å². The molecule has 0 aromatic heterocycles. The van der Waals surface area contributed by atoms with Crippen LogP contribution in [-0.4, -0.2) is 26.2 Å². The molecule has 0 spiro atoms. The predicted molar refractivity (Wildman–Crippen MR) is 75.0 cm³/mol. The normalized spacial score (nSPS) is 20.2. The molecule has 17 heavy (non-hydrogen) atoms. The van der Waals surface area contributed by atoms with E-state index in [1.807, 2.05) is 18.2 Å². The fraction of sp³-hybridized carbons (Fsp3) is 0.571. The minimum absolute atomic E-state index is 0.689. The van der Waals surface area contributed by atoms with Crippen molar-refractivity contribution in [3.8, 4) is 0 Å². The second-order valence-electron chi connectivity index (χ2n) is 4.81. The summed E-state index contributed by atoms with van der Waals surface area (Å²) in [5, 5.41) is 4.42. The molecule has 0 saturated carbocycles. The molecule has 0 amide bonds. The van der Waals surface area contributed by atoms with E-state index in [0.717, 1.165) is 17.3 Å². The Kier molecular flexibility index (Phi) is 4.69. The zero-order chi connectivity index (χ0) is 12.1. The number of nitrogens with zero attached hydrogens (tertiary/aromatic N) is 1. The second kappa shape index (κ2) is 6.27. The van der Waals surface area contributed by atoms with Gasteiger partial charge in [0.05, 0.1) is 10.7 Å². The van der Waals surface area contributed by atoms with E-state index in [9.17, 15) is 0 Å². The first-order valence-electron chi connectivity index (χ1n) is 6.46. The lowest BCUT2D eigenvalue weighted by atomic mass is 10.0. The summed E-state index contributed by atoms with van der Waals surface area (Å²) in [5.41, 5.74) is 1.13. The van der Waals surface area contributed by atoms with Crippen molar-refractivity contribution in [2.75, 3.05) is 25.0 Å². The van der Waals surface area contributed by atoms with E-state index in [-0.39, 0.29) is 0 Å². The Morgan fingerprint density at radius 2 is 2.18 bits per heavy atom. The third kappa shape index (κ3) is 3.62. The van der Waals surface area contributed by atoms with Gasteiger partial charge in [0.15, 0.2) is 0 Å². The van der Waals surface area contributed by atoms with Crippen LogP contribution in [0.1, 0.15) is 25.7 Å². The molecule has 0 bridgehead atoms. The predicted octanol–water partition coefficient (Wildman–Crippen LogP) is 3.31. The first-order valence-corrected chi connectivity index (χ1v) is 6.84. The minimum atomic E-state index is 0.689. The van der Waals surface area contributed by atoms with Gasteiger partial charge in [-0.25, -0.2) is 0 Å². The average Bonchev–Trinajstić information content (AvgIpc) is 2.38. The molecule has 1 aromatic rings. The average molecular weight is 253 g/mol. The van der Waals surface area contributed by atoms with Gasteiger partial charge in [-0.05, 0) is 37.9 Å². The van der Waals surface area contributed by atoms with Gasteiger partial charge in [-0.2, -0.15) is 0 Å². The van der Waals surface area contributed by atoms with Crippen LogP contribution in [-0.2, 0) is 0 Å². The minimum Gasteiger partial charge on any atom is -0.373 e. The number of para-hydroxylation sites is 1. The van der Waals surface area contributed by atoms with E-state index < -0.39 is 0 Å². The van der Waals surface area contributed by atoms with Crippen molar-refractivity contribution in [1.82, 2.24) is 5.32 Å². The molecule has 1 fully saturated rings. The summed E-state index contributed by atoms with van der Waals surface area (Å²) < 4.78 is 0. The van der Waals surface area contributed by atoms with Crippen LogP contribution in [0.15, 0.2) is 24.3 Å². The smallest absolute Gasteiger partial charge is 0.0639 e. The number of hydrogen-bond acceptors (Lipinski definition) is 2. The Morgan fingerprint density at radius 3 is 2.88 bits per heavy atom. The van der Waals surface area contributed by atoms with Gasteiger partial charge < -0.3 is 10.2 Å². The van der Waals surface area contributed by atoms with Gasteiger partial charge in [0, 0.05) is 19.6 Å². The van der Waals surface area contributed by atoms with Gasteiger partial charge >= 0.3 is 0 Å². The molecule has 1 unspecified atom stereocenters. The van der Waals surface area contributed by atoms with Crippen LogP contribution < -0.4 is 10.2 Å². The van der Waals surface area contributed by atoms with Gasteiger partial charge in [-0.1, -0.05) is 30.2 Å². The molecule has 0 radical (unpaired) electrons. The summed E-state index contributed by atoms with van der Waals surface area (Å²) in [6.07, 6.45) is 5.21. The van der Waals surface area contributed by atoms with E-state index in [1.54, 1.807) is 0 Å². The van der Waals surface area contributed by atoms with Crippen LogP contribution in [0.25, 0.3) is 0 Å². The molecule has 1 saturated heterocycles. The molecule has 1 aliphatic rings. The summed E-state index contributed by atoms with van der Waals surface area (Å²) in [5.74, 6) is 0. The van der Waals surface area contributed by atoms with Gasteiger partial charge in [0.1, 0.15) is 0 Å². The van der Waals surface area contributed by atoms with E-state index in [0.29, 0.717) is 6.04 Å². The maximum atomic E-state index is 6.18. The highest BCUT2D eigenvalue weighted by atomic mass is 35.5. The number of rotatable bonds is 4. The number of hydrogen-bond donors (Lipinski definition) is 1. The molecule has 94 valence electrons. The van der Waals surface area contributed by atoms with Crippen molar-refractivity contribution in [3.05, 3.63) is 29.3 Å².